The molecule has 0 aromatic carbocycles. The Morgan fingerprint density at radius 3 is 2.64 bits per heavy atom. The first-order valence-electron chi connectivity index (χ1n) is 4.20. The number of hydrogen-bond donors (Lipinski definition) is 5. The molecule has 2 amide bonds. The number of rotatable bonds is 7. The van der Waals surface area contributed by atoms with E-state index in [0.29, 0.717) is 6.54 Å². The lowest BCUT2D eigenvalue weighted by Crippen LogP contribution is -2.34. The molecular weight excluding hydrogens is 208 g/mol. The SMILES string of the molecule is NC(=O)NCCC[SiH2]OCC(O)(O)O. The van der Waals surface area contributed by atoms with E-state index in [-0.39, 0.29) is 0 Å². The number of aliphatic hydroxyl groups is 3. The first-order chi connectivity index (χ1) is 6.42. The molecule has 14 heavy (non-hydrogen) atoms. The van der Waals surface area contributed by atoms with Crippen LogP contribution in [0.15, 0.2) is 0 Å². The van der Waals surface area contributed by atoms with Crippen molar-refractivity contribution in [3.63, 3.8) is 0 Å². The van der Waals surface area contributed by atoms with Gasteiger partial charge in [0.2, 0.25) is 0 Å². The Hall–Kier alpha value is -0.673. The second kappa shape index (κ2) is 6.73. The Balaban J connectivity index is 3.11. The Morgan fingerprint density at radius 1 is 1.50 bits per heavy atom. The number of urea groups is 1. The van der Waals surface area contributed by atoms with E-state index in [1.165, 1.54) is 0 Å². The molecule has 0 saturated carbocycles. The van der Waals surface area contributed by atoms with Crippen molar-refractivity contribution < 1.29 is 24.5 Å². The first kappa shape index (κ1) is 13.3. The number of carbonyl (C=O) groups excluding carboxylic acids is 1. The van der Waals surface area contributed by atoms with E-state index in [4.69, 9.17) is 25.5 Å². The van der Waals surface area contributed by atoms with Crippen LogP contribution in [0.3, 0.4) is 0 Å². The smallest absolute Gasteiger partial charge is 0.312 e. The summed E-state index contributed by atoms with van der Waals surface area (Å²) in [7, 11) is -0.886. The van der Waals surface area contributed by atoms with E-state index in [1.807, 2.05) is 0 Å². The highest BCUT2D eigenvalue weighted by Gasteiger charge is 2.17. The second-order valence-electron chi connectivity index (χ2n) is 2.83. The minimum Gasteiger partial charge on any atom is -0.416 e. The maximum absolute atomic E-state index is 10.2. The fraction of sp³-hybridized carbons (Fsp3) is 0.833. The highest BCUT2D eigenvalue weighted by atomic mass is 28.2. The van der Waals surface area contributed by atoms with Crippen LogP contribution in [0.25, 0.3) is 0 Å². The van der Waals surface area contributed by atoms with E-state index >= 15 is 0 Å². The third-order valence-electron chi connectivity index (χ3n) is 1.31. The largest absolute Gasteiger partial charge is 0.416 e. The summed E-state index contributed by atoms with van der Waals surface area (Å²) >= 11 is 0. The van der Waals surface area contributed by atoms with Crippen molar-refractivity contribution in [2.24, 2.45) is 5.73 Å². The van der Waals surface area contributed by atoms with Gasteiger partial charge in [-0.3, -0.25) is 0 Å². The average Bonchev–Trinajstić information content (AvgIpc) is 2.00. The lowest BCUT2D eigenvalue weighted by molar-refractivity contribution is -0.322. The van der Waals surface area contributed by atoms with Crippen LogP contribution in [-0.2, 0) is 4.43 Å². The Morgan fingerprint density at radius 2 is 2.14 bits per heavy atom. The highest BCUT2D eigenvalue weighted by molar-refractivity contribution is 6.27. The molecule has 0 atom stereocenters. The molecule has 0 aliphatic rings. The number of primary amides is 1. The Labute approximate surface area is 83.8 Å². The number of nitrogens with one attached hydrogen (secondary N) is 1. The summed E-state index contributed by atoms with van der Waals surface area (Å²) < 4.78 is 4.85. The van der Waals surface area contributed by atoms with Crippen LogP contribution in [0.2, 0.25) is 6.04 Å². The van der Waals surface area contributed by atoms with Gasteiger partial charge in [0.25, 0.3) is 5.97 Å². The van der Waals surface area contributed by atoms with Crippen molar-refractivity contribution in [3.8, 4) is 0 Å². The molecular formula is C6H16N2O5Si. The Bertz CT molecular complexity index is 172. The fourth-order valence-corrected chi connectivity index (χ4v) is 1.83. The maximum Gasteiger partial charge on any atom is 0.312 e. The zero-order chi connectivity index (χ0) is 11.0. The van der Waals surface area contributed by atoms with Gasteiger partial charge in [0, 0.05) is 6.54 Å². The van der Waals surface area contributed by atoms with Crippen LogP contribution in [0.1, 0.15) is 6.42 Å². The summed E-state index contributed by atoms with van der Waals surface area (Å²) in [6.07, 6.45) is 0.727. The molecule has 0 fully saturated rings. The van der Waals surface area contributed by atoms with Gasteiger partial charge < -0.3 is 30.8 Å². The van der Waals surface area contributed by atoms with Crippen LogP contribution in [0.5, 0.6) is 0 Å². The molecule has 0 heterocycles. The quantitative estimate of drug-likeness (QED) is 0.181. The molecule has 0 rings (SSSR count). The van der Waals surface area contributed by atoms with Gasteiger partial charge in [-0.05, 0) is 12.5 Å². The molecule has 0 aliphatic carbocycles. The van der Waals surface area contributed by atoms with E-state index in [9.17, 15) is 4.79 Å². The third kappa shape index (κ3) is 11.3. The maximum atomic E-state index is 10.2. The summed E-state index contributed by atoms with van der Waals surface area (Å²) in [6, 6.07) is 0.198. The molecule has 0 aliphatic heterocycles. The molecule has 8 heteroatoms. The van der Waals surface area contributed by atoms with Crippen molar-refractivity contribution in [1.82, 2.24) is 5.32 Å². The molecule has 0 radical (unpaired) electrons. The van der Waals surface area contributed by atoms with Crippen molar-refractivity contribution in [2.75, 3.05) is 13.2 Å². The second-order valence-corrected chi connectivity index (χ2v) is 4.35. The molecule has 84 valence electrons. The highest BCUT2D eigenvalue weighted by Crippen LogP contribution is 1.94. The normalized spacial score (nSPS) is 12.2. The molecule has 0 aromatic rings. The lowest BCUT2D eigenvalue weighted by Gasteiger charge is -2.13. The van der Waals surface area contributed by atoms with Gasteiger partial charge in [0.1, 0.15) is 6.61 Å². The lowest BCUT2D eigenvalue weighted by atomic mass is 10.5. The number of carbonyl (C=O) groups is 1. The van der Waals surface area contributed by atoms with E-state index in [2.05, 4.69) is 5.32 Å². The average molecular weight is 224 g/mol. The zero-order valence-corrected chi connectivity index (χ0v) is 9.19. The van der Waals surface area contributed by atoms with Gasteiger partial charge in [-0.25, -0.2) is 4.79 Å². The van der Waals surface area contributed by atoms with Crippen molar-refractivity contribution in [2.45, 2.75) is 18.4 Å². The third-order valence-corrected chi connectivity index (χ3v) is 2.59. The Kier molecular flexibility index (Phi) is 6.41. The topological polar surface area (TPSA) is 125 Å². The molecule has 0 aromatic heterocycles. The van der Waals surface area contributed by atoms with Crippen LogP contribution >= 0.6 is 0 Å². The van der Waals surface area contributed by atoms with E-state index in [1.54, 1.807) is 0 Å². The van der Waals surface area contributed by atoms with Crippen LogP contribution < -0.4 is 11.1 Å². The summed E-state index contributed by atoms with van der Waals surface area (Å²) in [5.74, 6) is -2.74. The summed E-state index contributed by atoms with van der Waals surface area (Å²) in [6.45, 7) is -0.0172. The van der Waals surface area contributed by atoms with Gasteiger partial charge in [0.15, 0.2) is 9.76 Å². The van der Waals surface area contributed by atoms with Crippen LogP contribution in [-0.4, -0.2) is 50.2 Å². The van der Waals surface area contributed by atoms with Crippen molar-refractivity contribution >= 4 is 15.8 Å². The summed E-state index contributed by atoms with van der Waals surface area (Å²) in [4.78, 5) is 10.2. The number of hydrogen-bond acceptors (Lipinski definition) is 5. The molecule has 0 spiro atoms. The van der Waals surface area contributed by atoms with Crippen molar-refractivity contribution in [1.29, 1.82) is 0 Å². The van der Waals surface area contributed by atoms with Gasteiger partial charge >= 0.3 is 6.03 Å². The minimum atomic E-state index is -2.74. The zero-order valence-electron chi connectivity index (χ0n) is 7.77. The van der Waals surface area contributed by atoms with Crippen LogP contribution in [0, 0.1) is 0 Å². The molecule has 0 unspecified atom stereocenters. The van der Waals surface area contributed by atoms with Gasteiger partial charge in [-0.1, -0.05) is 0 Å². The standard InChI is InChI=1S/C6H16N2O5Si/c7-5(9)8-2-1-3-14-13-4-6(10,11)12/h10-12H,1-4,14H2,(H3,7,8,9). The molecule has 7 nitrogen and oxygen atoms in total. The fourth-order valence-electron chi connectivity index (χ4n) is 0.750. The number of nitrogens with two attached hydrogens (primary N) is 1. The predicted molar refractivity (Wildman–Crippen MR) is 50.9 cm³/mol. The molecule has 6 N–H and O–H groups in total. The predicted octanol–water partition coefficient (Wildman–Crippen LogP) is -2.81. The molecule has 0 bridgehead atoms. The van der Waals surface area contributed by atoms with E-state index in [0.717, 1.165) is 12.5 Å². The molecule has 0 saturated heterocycles. The number of amides is 2. The van der Waals surface area contributed by atoms with Gasteiger partial charge in [-0.2, -0.15) is 0 Å². The van der Waals surface area contributed by atoms with Crippen LogP contribution in [0.4, 0.5) is 4.79 Å². The summed E-state index contributed by atoms with van der Waals surface area (Å²) in [5.41, 5.74) is 4.82. The first-order valence-corrected chi connectivity index (χ1v) is 5.78. The van der Waals surface area contributed by atoms with Crippen molar-refractivity contribution in [3.05, 3.63) is 0 Å². The van der Waals surface area contributed by atoms with Gasteiger partial charge in [0.05, 0.1) is 0 Å². The summed E-state index contributed by atoms with van der Waals surface area (Å²) in [5, 5.41) is 27.7. The minimum absolute atomic E-state index is 0.480. The van der Waals surface area contributed by atoms with Gasteiger partial charge in [-0.15, -0.1) is 0 Å². The van der Waals surface area contributed by atoms with E-state index < -0.39 is 28.4 Å². The monoisotopic (exact) mass is 224 g/mol.